The maximum absolute atomic E-state index is 11.9. The Morgan fingerprint density at radius 1 is 1.19 bits per heavy atom. The summed E-state index contributed by atoms with van der Waals surface area (Å²) < 4.78 is 0. The first-order valence-electron chi connectivity index (χ1n) is 7.34. The molecule has 0 fully saturated rings. The van der Waals surface area contributed by atoms with E-state index < -0.39 is 0 Å². The minimum atomic E-state index is -0.0163. The Kier molecular flexibility index (Phi) is 9.43. The predicted molar refractivity (Wildman–Crippen MR) is 91.6 cm³/mol. The third kappa shape index (κ3) is 7.79. The summed E-state index contributed by atoms with van der Waals surface area (Å²) >= 11 is 1.89. The Morgan fingerprint density at radius 2 is 1.90 bits per heavy atom. The van der Waals surface area contributed by atoms with Crippen molar-refractivity contribution in [1.82, 2.24) is 5.32 Å². The van der Waals surface area contributed by atoms with Crippen molar-refractivity contribution in [3.63, 3.8) is 0 Å². The Morgan fingerprint density at radius 3 is 2.57 bits per heavy atom. The maximum Gasteiger partial charge on any atom is 0.251 e. The molecule has 0 atom stereocenters. The summed E-state index contributed by atoms with van der Waals surface area (Å²) in [6.45, 7) is 1.09. The van der Waals surface area contributed by atoms with Crippen molar-refractivity contribution < 1.29 is 4.79 Å². The average Bonchev–Trinajstić information content (AvgIpc) is 2.52. The SMILES string of the molecule is CSCCCCCCNC(=O)c1ccc(C#CCN)cc1. The second-order valence-corrected chi connectivity index (χ2v) is 5.73. The summed E-state index contributed by atoms with van der Waals surface area (Å²) in [6.07, 6.45) is 6.85. The summed E-state index contributed by atoms with van der Waals surface area (Å²) in [7, 11) is 0. The van der Waals surface area contributed by atoms with Gasteiger partial charge in [0, 0.05) is 17.7 Å². The van der Waals surface area contributed by atoms with Crippen molar-refractivity contribution in [3.8, 4) is 11.8 Å². The number of unbranched alkanes of at least 4 members (excludes halogenated alkanes) is 3. The fraction of sp³-hybridized carbons (Fsp3) is 0.471. The van der Waals surface area contributed by atoms with E-state index in [0.29, 0.717) is 12.1 Å². The number of hydrogen-bond acceptors (Lipinski definition) is 3. The first kappa shape index (κ1) is 17.6. The van der Waals surface area contributed by atoms with Gasteiger partial charge in [0.2, 0.25) is 0 Å². The molecule has 0 heterocycles. The number of amides is 1. The number of carbonyl (C=O) groups excluding carboxylic acids is 1. The molecule has 3 nitrogen and oxygen atoms in total. The standard InChI is InChI=1S/C17H24N2OS/c1-21-14-5-3-2-4-13-19-17(20)16-10-8-15(9-11-16)7-6-12-18/h8-11H,2-5,12-14,18H2,1H3,(H,19,20). The van der Waals surface area contributed by atoms with E-state index in [1.165, 1.54) is 25.0 Å². The van der Waals surface area contributed by atoms with Crippen LogP contribution in [0.15, 0.2) is 24.3 Å². The van der Waals surface area contributed by atoms with Gasteiger partial charge in [-0.3, -0.25) is 4.79 Å². The fourth-order valence-electron chi connectivity index (χ4n) is 1.89. The summed E-state index contributed by atoms with van der Waals surface area (Å²) in [5.74, 6) is 6.94. The molecule has 1 amide bonds. The predicted octanol–water partition coefficient (Wildman–Crippen LogP) is 2.65. The van der Waals surface area contributed by atoms with Crippen LogP contribution in [-0.4, -0.2) is 31.0 Å². The number of nitrogens with two attached hydrogens (primary N) is 1. The second-order valence-electron chi connectivity index (χ2n) is 4.75. The highest BCUT2D eigenvalue weighted by atomic mass is 32.2. The van der Waals surface area contributed by atoms with Crippen molar-refractivity contribution in [1.29, 1.82) is 0 Å². The lowest BCUT2D eigenvalue weighted by atomic mass is 10.1. The molecule has 0 aliphatic rings. The van der Waals surface area contributed by atoms with Crippen molar-refractivity contribution in [2.24, 2.45) is 5.73 Å². The van der Waals surface area contributed by atoms with Gasteiger partial charge < -0.3 is 11.1 Å². The molecule has 0 aliphatic carbocycles. The number of thioether (sulfide) groups is 1. The Balaban J connectivity index is 2.26. The van der Waals surface area contributed by atoms with Crippen LogP contribution in [0.1, 0.15) is 41.6 Å². The molecule has 4 heteroatoms. The first-order chi connectivity index (χ1) is 10.3. The van der Waals surface area contributed by atoms with Gasteiger partial charge in [-0.1, -0.05) is 24.7 Å². The largest absolute Gasteiger partial charge is 0.352 e. The van der Waals surface area contributed by atoms with Gasteiger partial charge in [0.05, 0.1) is 6.54 Å². The molecule has 0 saturated carbocycles. The lowest BCUT2D eigenvalue weighted by Crippen LogP contribution is -2.24. The van der Waals surface area contributed by atoms with Crippen molar-refractivity contribution >= 4 is 17.7 Å². The smallest absolute Gasteiger partial charge is 0.251 e. The van der Waals surface area contributed by atoms with Gasteiger partial charge in [-0.25, -0.2) is 0 Å². The number of benzene rings is 1. The van der Waals surface area contributed by atoms with Crippen LogP contribution < -0.4 is 11.1 Å². The fourth-order valence-corrected chi connectivity index (χ4v) is 2.38. The Hall–Kier alpha value is -1.44. The monoisotopic (exact) mass is 304 g/mol. The molecule has 0 spiro atoms. The highest BCUT2D eigenvalue weighted by molar-refractivity contribution is 7.98. The van der Waals surface area contributed by atoms with E-state index in [9.17, 15) is 4.79 Å². The topological polar surface area (TPSA) is 55.1 Å². The lowest BCUT2D eigenvalue weighted by Gasteiger charge is -2.05. The molecule has 1 aromatic rings. The summed E-state index contributed by atoms with van der Waals surface area (Å²) in [6, 6.07) is 7.29. The third-order valence-electron chi connectivity index (χ3n) is 3.04. The first-order valence-corrected chi connectivity index (χ1v) is 8.73. The highest BCUT2D eigenvalue weighted by Crippen LogP contribution is 2.05. The van der Waals surface area contributed by atoms with Gasteiger partial charge in [-0.05, 0) is 49.1 Å². The molecule has 0 aromatic heterocycles. The average molecular weight is 304 g/mol. The van der Waals surface area contributed by atoms with Crippen LogP contribution in [0.3, 0.4) is 0 Å². The molecular weight excluding hydrogens is 280 g/mol. The van der Waals surface area contributed by atoms with Crippen molar-refractivity contribution in [2.45, 2.75) is 25.7 Å². The molecule has 1 rings (SSSR count). The zero-order valence-corrected chi connectivity index (χ0v) is 13.5. The van der Waals surface area contributed by atoms with E-state index in [1.54, 1.807) is 12.1 Å². The van der Waals surface area contributed by atoms with Crippen LogP contribution in [0.4, 0.5) is 0 Å². The van der Waals surface area contributed by atoms with Crippen LogP contribution >= 0.6 is 11.8 Å². The van der Waals surface area contributed by atoms with E-state index >= 15 is 0 Å². The third-order valence-corrected chi connectivity index (χ3v) is 3.74. The van der Waals surface area contributed by atoms with E-state index in [4.69, 9.17) is 5.73 Å². The second kappa shape index (κ2) is 11.2. The lowest BCUT2D eigenvalue weighted by molar-refractivity contribution is 0.0953. The summed E-state index contributed by atoms with van der Waals surface area (Å²) in [5.41, 5.74) is 6.88. The molecular formula is C17H24N2OS. The minimum absolute atomic E-state index is 0.0163. The molecule has 3 N–H and O–H groups in total. The van der Waals surface area contributed by atoms with Gasteiger partial charge in [-0.15, -0.1) is 0 Å². The van der Waals surface area contributed by atoms with E-state index in [1.807, 2.05) is 23.9 Å². The van der Waals surface area contributed by atoms with Gasteiger partial charge in [0.1, 0.15) is 0 Å². The van der Waals surface area contributed by atoms with Gasteiger partial charge >= 0.3 is 0 Å². The van der Waals surface area contributed by atoms with Crippen molar-refractivity contribution in [2.75, 3.05) is 25.1 Å². The van der Waals surface area contributed by atoms with Gasteiger partial charge in [-0.2, -0.15) is 11.8 Å². The zero-order chi connectivity index (χ0) is 15.3. The van der Waals surface area contributed by atoms with Crippen molar-refractivity contribution in [3.05, 3.63) is 35.4 Å². The molecule has 0 aliphatic heterocycles. The van der Waals surface area contributed by atoms with Gasteiger partial charge in [0.25, 0.3) is 5.91 Å². The Bertz CT molecular complexity index is 474. The molecule has 0 unspecified atom stereocenters. The molecule has 0 saturated heterocycles. The van der Waals surface area contributed by atoms with Gasteiger partial charge in [0.15, 0.2) is 0 Å². The number of hydrogen-bond donors (Lipinski definition) is 2. The summed E-state index contributed by atoms with van der Waals surface area (Å²) in [5, 5.41) is 2.95. The number of nitrogens with one attached hydrogen (secondary N) is 1. The van der Waals surface area contributed by atoms with E-state index in [2.05, 4.69) is 23.4 Å². The van der Waals surface area contributed by atoms with Crippen LogP contribution in [-0.2, 0) is 0 Å². The Labute approximate surface area is 132 Å². The maximum atomic E-state index is 11.9. The normalized spacial score (nSPS) is 9.81. The van der Waals surface area contributed by atoms with Crippen LogP contribution in [0.5, 0.6) is 0 Å². The molecule has 114 valence electrons. The molecule has 21 heavy (non-hydrogen) atoms. The quantitative estimate of drug-likeness (QED) is 0.573. The number of carbonyl (C=O) groups is 1. The van der Waals surface area contributed by atoms with E-state index in [0.717, 1.165) is 18.5 Å². The highest BCUT2D eigenvalue weighted by Gasteiger charge is 2.03. The molecule has 0 radical (unpaired) electrons. The number of rotatable bonds is 8. The minimum Gasteiger partial charge on any atom is -0.352 e. The van der Waals surface area contributed by atoms with E-state index in [-0.39, 0.29) is 5.91 Å². The van der Waals surface area contributed by atoms with Crippen LogP contribution in [0.2, 0.25) is 0 Å². The zero-order valence-electron chi connectivity index (χ0n) is 12.7. The van der Waals surface area contributed by atoms with Crippen LogP contribution in [0, 0.1) is 11.8 Å². The molecule has 1 aromatic carbocycles. The molecule has 0 bridgehead atoms. The summed E-state index contributed by atoms with van der Waals surface area (Å²) in [4.78, 5) is 11.9. The van der Waals surface area contributed by atoms with Crippen LogP contribution in [0.25, 0.3) is 0 Å².